The summed E-state index contributed by atoms with van der Waals surface area (Å²) in [6, 6.07) is 0. The standard InChI is InChI=1S/C7H11O2S2/c1-4(2)7-10-3-5(11-7)6(8)9/h5,7H,3H2,1-2H3,(H,8,9). The van der Waals surface area contributed by atoms with Crippen LogP contribution < -0.4 is 0 Å². The normalized spacial score (nSPS) is 31.2. The summed E-state index contributed by atoms with van der Waals surface area (Å²) in [6.45, 7) is 4.10. The molecule has 0 aromatic rings. The lowest BCUT2D eigenvalue weighted by Crippen LogP contribution is -2.15. The number of carboxylic acid groups (broad SMARTS) is 1. The minimum Gasteiger partial charge on any atom is -0.480 e. The fourth-order valence-electron chi connectivity index (χ4n) is 0.835. The van der Waals surface area contributed by atoms with E-state index in [-0.39, 0.29) is 5.25 Å². The number of aliphatic carboxylic acids is 1. The molecule has 1 rings (SSSR count). The van der Waals surface area contributed by atoms with Gasteiger partial charge in [-0.3, -0.25) is 4.79 Å². The average Bonchev–Trinajstić information content (AvgIpc) is 2.33. The van der Waals surface area contributed by atoms with Crippen LogP contribution in [-0.4, -0.2) is 26.7 Å². The van der Waals surface area contributed by atoms with Gasteiger partial charge in [0.2, 0.25) is 0 Å². The quantitative estimate of drug-likeness (QED) is 0.723. The molecular weight excluding hydrogens is 180 g/mol. The van der Waals surface area contributed by atoms with Crippen molar-refractivity contribution in [1.82, 2.24) is 0 Å². The molecule has 2 unspecified atom stereocenters. The summed E-state index contributed by atoms with van der Waals surface area (Å²) in [5.74, 6) is 1.38. The number of thioether (sulfide) groups is 2. The lowest BCUT2D eigenvalue weighted by Gasteiger charge is -2.10. The SMILES string of the molecule is C[C](C)C1SCC(C(=O)O)S1. The minimum absolute atomic E-state index is 0.195. The first kappa shape index (κ1) is 9.26. The maximum Gasteiger partial charge on any atom is 0.317 e. The third kappa shape index (κ3) is 2.30. The predicted octanol–water partition coefficient (Wildman–Crippen LogP) is 1.86. The van der Waals surface area contributed by atoms with Gasteiger partial charge in [0.1, 0.15) is 5.25 Å². The van der Waals surface area contributed by atoms with E-state index in [1.165, 1.54) is 5.92 Å². The Morgan fingerprint density at radius 1 is 1.55 bits per heavy atom. The number of hydrogen-bond acceptors (Lipinski definition) is 3. The van der Waals surface area contributed by atoms with Crippen molar-refractivity contribution >= 4 is 29.5 Å². The molecule has 1 heterocycles. The van der Waals surface area contributed by atoms with E-state index in [9.17, 15) is 4.79 Å². The highest BCUT2D eigenvalue weighted by Gasteiger charge is 2.32. The van der Waals surface area contributed by atoms with Crippen molar-refractivity contribution in [3.05, 3.63) is 5.92 Å². The largest absolute Gasteiger partial charge is 0.480 e. The van der Waals surface area contributed by atoms with Gasteiger partial charge in [-0.15, -0.1) is 23.5 Å². The second kappa shape index (κ2) is 3.72. The molecule has 11 heavy (non-hydrogen) atoms. The average molecular weight is 191 g/mol. The van der Waals surface area contributed by atoms with E-state index in [4.69, 9.17) is 5.11 Å². The van der Waals surface area contributed by atoms with Crippen LogP contribution >= 0.6 is 23.5 Å². The zero-order chi connectivity index (χ0) is 8.43. The number of rotatable bonds is 2. The van der Waals surface area contributed by atoms with Gasteiger partial charge in [-0.05, 0) is 5.92 Å². The van der Waals surface area contributed by atoms with Crippen molar-refractivity contribution in [2.45, 2.75) is 23.7 Å². The van der Waals surface area contributed by atoms with Crippen molar-refractivity contribution in [1.29, 1.82) is 0 Å². The molecule has 1 aliphatic rings. The molecule has 1 fully saturated rings. The second-order valence-electron chi connectivity index (χ2n) is 2.71. The Morgan fingerprint density at radius 2 is 2.18 bits per heavy atom. The molecule has 2 atom stereocenters. The third-order valence-corrected chi connectivity index (χ3v) is 5.10. The maximum atomic E-state index is 10.5. The monoisotopic (exact) mass is 191 g/mol. The van der Waals surface area contributed by atoms with Crippen LogP contribution in [0, 0.1) is 5.92 Å². The Bertz CT molecular complexity index is 159. The van der Waals surface area contributed by atoms with E-state index in [1.807, 2.05) is 0 Å². The second-order valence-corrected chi connectivity index (χ2v) is 5.45. The first-order valence-electron chi connectivity index (χ1n) is 3.41. The van der Waals surface area contributed by atoms with E-state index >= 15 is 0 Å². The van der Waals surface area contributed by atoms with Gasteiger partial charge < -0.3 is 5.11 Å². The van der Waals surface area contributed by atoms with Crippen molar-refractivity contribution < 1.29 is 9.90 Å². The smallest absolute Gasteiger partial charge is 0.317 e. The molecule has 0 amide bonds. The van der Waals surface area contributed by atoms with Crippen molar-refractivity contribution in [2.75, 3.05) is 5.75 Å². The Balaban J connectivity index is 2.41. The Labute approximate surface area is 75.1 Å². The Morgan fingerprint density at radius 3 is 2.45 bits per heavy atom. The lowest BCUT2D eigenvalue weighted by atomic mass is 10.3. The topological polar surface area (TPSA) is 37.3 Å². The zero-order valence-corrected chi connectivity index (χ0v) is 8.17. The summed E-state index contributed by atoms with van der Waals surface area (Å²) in [5, 5.41) is 8.47. The minimum atomic E-state index is -0.675. The number of carboxylic acids is 1. The summed E-state index contributed by atoms with van der Waals surface area (Å²) < 4.78 is 0.399. The lowest BCUT2D eigenvalue weighted by molar-refractivity contribution is -0.135. The Hall–Kier alpha value is 0.170. The summed E-state index contributed by atoms with van der Waals surface area (Å²) >= 11 is 3.29. The third-order valence-electron chi connectivity index (χ3n) is 1.43. The van der Waals surface area contributed by atoms with E-state index < -0.39 is 5.97 Å². The van der Waals surface area contributed by atoms with E-state index in [1.54, 1.807) is 23.5 Å². The summed E-state index contributed by atoms with van der Waals surface area (Å²) in [4.78, 5) is 10.5. The van der Waals surface area contributed by atoms with Gasteiger partial charge in [0, 0.05) is 5.75 Å². The summed E-state index contributed by atoms with van der Waals surface area (Å²) in [5.41, 5.74) is 0. The van der Waals surface area contributed by atoms with Gasteiger partial charge in [-0.2, -0.15) is 0 Å². The molecule has 1 saturated heterocycles. The molecule has 63 valence electrons. The van der Waals surface area contributed by atoms with Crippen LogP contribution in [0.5, 0.6) is 0 Å². The van der Waals surface area contributed by atoms with Gasteiger partial charge in [-0.1, -0.05) is 13.8 Å². The highest BCUT2D eigenvalue weighted by Crippen LogP contribution is 2.42. The van der Waals surface area contributed by atoms with Crippen molar-refractivity contribution in [3.63, 3.8) is 0 Å². The summed E-state index contributed by atoms with van der Waals surface area (Å²) in [7, 11) is 0. The molecule has 0 saturated carbocycles. The molecule has 0 aromatic carbocycles. The number of carbonyl (C=O) groups is 1. The highest BCUT2D eigenvalue weighted by molar-refractivity contribution is 8.21. The van der Waals surface area contributed by atoms with Crippen LogP contribution in [0.25, 0.3) is 0 Å². The summed E-state index contributed by atoms with van der Waals surface area (Å²) in [6.07, 6.45) is 0. The fourth-order valence-corrected chi connectivity index (χ4v) is 3.85. The van der Waals surface area contributed by atoms with Gasteiger partial charge in [0.25, 0.3) is 0 Å². The van der Waals surface area contributed by atoms with Gasteiger partial charge >= 0.3 is 5.97 Å². The van der Waals surface area contributed by atoms with Crippen LogP contribution in [0.1, 0.15) is 13.8 Å². The molecule has 1 radical (unpaired) electrons. The van der Waals surface area contributed by atoms with Crippen molar-refractivity contribution in [3.8, 4) is 0 Å². The maximum absolute atomic E-state index is 10.5. The van der Waals surface area contributed by atoms with Crippen LogP contribution in [-0.2, 0) is 4.79 Å². The van der Waals surface area contributed by atoms with E-state index in [0.29, 0.717) is 4.58 Å². The first-order valence-corrected chi connectivity index (χ1v) is 5.40. The fraction of sp³-hybridized carbons (Fsp3) is 0.714. The van der Waals surface area contributed by atoms with Gasteiger partial charge in [0.15, 0.2) is 0 Å². The van der Waals surface area contributed by atoms with Crippen LogP contribution in [0.15, 0.2) is 0 Å². The van der Waals surface area contributed by atoms with E-state index in [0.717, 1.165) is 5.75 Å². The zero-order valence-electron chi connectivity index (χ0n) is 6.53. The van der Waals surface area contributed by atoms with Crippen LogP contribution in [0.3, 0.4) is 0 Å². The molecule has 4 heteroatoms. The molecule has 2 nitrogen and oxygen atoms in total. The predicted molar refractivity (Wildman–Crippen MR) is 49.9 cm³/mol. The van der Waals surface area contributed by atoms with Crippen LogP contribution in [0.4, 0.5) is 0 Å². The molecular formula is C7H11O2S2. The number of hydrogen-bond donors (Lipinski definition) is 1. The van der Waals surface area contributed by atoms with Gasteiger partial charge in [-0.25, -0.2) is 0 Å². The molecule has 1 aliphatic heterocycles. The highest BCUT2D eigenvalue weighted by atomic mass is 32.2. The Kier molecular flexibility index (Phi) is 3.13. The molecule has 0 aromatic heterocycles. The molecule has 1 N–H and O–H groups in total. The molecule has 0 bridgehead atoms. The van der Waals surface area contributed by atoms with Crippen molar-refractivity contribution in [2.24, 2.45) is 0 Å². The molecule has 0 aliphatic carbocycles. The van der Waals surface area contributed by atoms with Gasteiger partial charge in [0.05, 0.1) is 4.58 Å². The van der Waals surface area contributed by atoms with E-state index in [2.05, 4.69) is 13.8 Å². The van der Waals surface area contributed by atoms with Crippen LogP contribution in [0.2, 0.25) is 0 Å². The molecule has 0 spiro atoms. The first-order chi connectivity index (χ1) is 5.11.